The van der Waals surface area contributed by atoms with Crippen molar-refractivity contribution in [2.24, 2.45) is 0 Å². The Kier molecular flexibility index (Phi) is 1.99. The smallest absolute Gasteiger partial charge is 0.339 e. The molecule has 1 aliphatic heterocycles. The minimum atomic E-state index is -0.289. The molecule has 0 aliphatic carbocycles. The molecule has 0 amide bonds. The van der Waals surface area contributed by atoms with Crippen LogP contribution in [0.5, 0.6) is 0 Å². The highest BCUT2D eigenvalue weighted by Gasteiger charge is 2.15. The van der Waals surface area contributed by atoms with Gasteiger partial charge >= 0.3 is 5.63 Å². The highest BCUT2D eigenvalue weighted by atomic mass is 16.5. The number of hydrogen-bond donors (Lipinski definition) is 2. The van der Waals surface area contributed by atoms with E-state index < -0.39 is 0 Å². The number of hydrogen-bond acceptors (Lipinski definition) is 3. The van der Waals surface area contributed by atoms with Crippen molar-refractivity contribution in [3.05, 3.63) is 22.2 Å². The molecule has 66 valence electrons. The van der Waals surface area contributed by atoms with Crippen molar-refractivity contribution in [2.45, 2.75) is 25.3 Å². The van der Waals surface area contributed by atoms with E-state index in [9.17, 15) is 4.79 Å². The number of H-pyrrole nitrogens is 1. The Labute approximate surface area is 69.9 Å². The monoisotopic (exact) mass is 168 g/mol. The zero-order valence-corrected chi connectivity index (χ0v) is 6.80. The molecule has 2 heterocycles. The summed E-state index contributed by atoms with van der Waals surface area (Å²) in [6.45, 7) is 1.09. The summed E-state index contributed by atoms with van der Waals surface area (Å²) in [5.41, 5.74) is 0.599. The number of nitrogens with one attached hydrogen (secondary N) is 2. The first-order valence-electron chi connectivity index (χ1n) is 4.25. The van der Waals surface area contributed by atoms with Crippen LogP contribution in [0.15, 0.2) is 15.4 Å². The molecule has 0 bridgehead atoms. The molecule has 1 fully saturated rings. The molecule has 2 rings (SSSR count). The van der Waals surface area contributed by atoms with Gasteiger partial charge in [0.05, 0.1) is 5.69 Å². The molecule has 1 aromatic rings. The second kappa shape index (κ2) is 3.15. The van der Waals surface area contributed by atoms with Gasteiger partial charge in [-0.05, 0) is 19.4 Å². The van der Waals surface area contributed by atoms with Crippen molar-refractivity contribution in [2.75, 3.05) is 6.54 Å². The molecule has 2 N–H and O–H groups in total. The summed E-state index contributed by atoms with van der Waals surface area (Å²) in [7, 11) is 0. The van der Waals surface area contributed by atoms with Crippen LogP contribution in [0.3, 0.4) is 0 Å². The van der Waals surface area contributed by atoms with E-state index in [2.05, 4.69) is 15.0 Å². The maximum Gasteiger partial charge on any atom is 0.357 e. The summed E-state index contributed by atoms with van der Waals surface area (Å²) in [5, 5.41) is 5.96. The van der Waals surface area contributed by atoms with Gasteiger partial charge in [-0.1, -0.05) is 0 Å². The predicted molar refractivity (Wildman–Crippen MR) is 44.1 cm³/mol. The summed E-state index contributed by atoms with van der Waals surface area (Å²) >= 11 is 0. The third-order valence-electron chi connectivity index (χ3n) is 2.20. The lowest BCUT2D eigenvalue weighted by Crippen LogP contribution is -2.23. The quantitative estimate of drug-likeness (QED) is 0.666. The Balaban J connectivity index is 1.98. The first-order chi connectivity index (χ1) is 5.84. The van der Waals surface area contributed by atoms with E-state index in [1.54, 1.807) is 0 Å². The fourth-order valence-corrected chi connectivity index (χ4v) is 1.61. The minimum absolute atomic E-state index is 0.289. The van der Waals surface area contributed by atoms with Gasteiger partial charge in [0.1, 0.15) is 0 Å². The third-order valence-corrected chi connectivity index (χ3v) is 2.20. The molecular formula is C8H12N2O2. The summed E-state index contributed by atoms with van der Waals surface area (Å²) in [5.74, 6) is 0. The van der Waals surface area contributed by atoms with Crippen LogP contribution in [0, 0.1) is 0 Å². The van der Waals surface area contributed by atoms with E-state index in [-0.39, 0.29) is 5.63 Å². The standard InChI is InChI=1S/C8H12N2O2/c11-8-5-7(10-12-8)4-6-2-1-3-9-6/h5-6,9-10H,1-4H2. The van der Waals surface area contributed by atoms with E-state index in [1.165, 1.54) is 18.9 Å². The summed E-state index contributed by atoms with van der Waals surface area (Å²) < 4.78 is 4.57. The number of aromatic amines is 1. The van der Waals surface area contributed by atoms with Crippen LogP contribution in [-0.4, -0.2) is 17.7 Å². The van der Waals surface area contributed by atoms with Crippen LogP contribution in [0.25, 0.3) is 0 Å². The molecule has 1 saturated heterocycles. The Morgan fingerprint density at radius 3 is 3.17 bits per heavy atom. The van der Waals surface area contributed by atoms with Crippen LogP contribution < -0.4 is 10.9 Å². The Bertz CT molecular complexity index is 296. The van der Waals surface area contributed by atoms with Crippen LogP contribution in [0.2, 0.25) is 0 Å². The molecule has 1 unspecified atom stereocenters. The van der Waals surface area contributed by atoms with Crippen LogP contribution in [-0.2, 0) is 6.42 Å². The lowest BCUT2D eigenvalue weighted by Gasteiger charge is -2.06. The van der Waals surface area contributed by atoms with Gasteiger partial charge in [-0.2, -0.15) is 0 Å². The van der Waals surface area contributed by atoms with Crippen molar-refractivity contribution >= 4 is 0 Å². The Hall–Kier alpha value is -1.03. The first-order valence-corrected chi connectivity index (χ1v) is 4.25. The summed E-state index contributed by atoms with van der Waals surface area (Å²) in [6, 6.07) is 2.03. The topological polar surface area (TPSA) is 58.0 Å². The van der Waals surface area contributed by atoms with Gasteiger partial charge in [0.25, 0.3) is 0 Å². The highest BCUT2D eigenvalue weighted by Crippen LogP contribution is 2.09. The Morgan fingerprint density at radius 1 is 1.67 bits per heavy atom. The maximum atomic E-state index is 10.6. The number of rotatable bonds is 2. The molecular weight excluding hydrogens is 156 g/mol. The van der Waals surface area contributed by atoms with Crippen molar-refractivity contribution in [1.82, 2.24) is 10.5 Å². The molecule has 1 aromatic heterocycles. The highest BCUT2D eigenvalue weighted by molar-refractivity contribution is 4.99. The van der Waals surface area contributed by atoms with Crippen molar-refractivity contribution < 1.29 is 4.52 Å². The lowest BCUT2D eigenvalue weighted by atomic mass is 10.1. The molecule has 0 radical (unpaired) electrons. The van der Waals surface area contributed by atoms with E-state index >= 15 is 0 Å². The molecule has 0 spiro atoms. The Morgan fingerprint density at radius 2 is 2.58 bits per heavy atom. The van der Waals surface area contributed by atoms with E-state index in [0.29, 0.717) is 6.04 Å². The largest absolute Gasteiger partial charge is 0.357 e. The van der Waals surface area contributed by atoms with Gasteiger partial charge in [-0.15, -0.1) is 0 Å². The fourth-order valence-electron chi connectivity index (χ4n) is 1.61. The van der Waals surface area contributed by atoms with Crippen molar-refractivity contribution in [1.29, 1.82) is 0 Å². The predicted octanol–water partition coefficient (Wildman–Crippen LogP) is 0.262. The minimum Gasteiger partial charge on any atom is -0.339 e. The van der Waals surface area contributed by atoms with Crippen LogP contribution in [0.1, 0.15) is 18.5 Å². The van der Waals surface area contributed by atoms with Crippen molar-refractivity contribution in [3.8, 4) is 0 Å². The zero-order chi connectivity index (χ0) is 8.39. The summed E-state index contributed by atoms with van der Waals surface area (Å²) in [6.07, 6.45) is 3.28. The second-order valence-corrected chi connectivity index (χ2v) is 3.19. The third kappa shape index (κ3) is 1.58. The average molecular weight is 168 g/mol. The van der Waals surface area contributed by atoms with Gasteiger partial charge in [-0.25, -0.2) is 9.95 Å². The van der Waals surface area contributed by atoms with Gasteiger partial charge in [0.15, 0.2) is 0 Å². The SMILES string of the molecule is O=c1cc(CC2CCCN2)[nH]o1. The van der Waals surface area contributed by atoms with Gasteiger partial charge in [0, 0.05) is 18.5 Å². The zero-order valence-electron chi connectivity index (χ0n) is 6.80. The van der Waals surface area contributed by atoms with Gasteiger partial charge in [0.2, 0.25) is 0 Å². The van der Waals surface area contributed by atoms with Gasteiger partial charge in [-0.3, -0.25) is 0 Å². The number of aromatic nitrogens is 1. The van der Waals surface area contributed by atoms with Gasteiger partial charge < -0.3 is 9.84 Å². The van der Waals surface area contributed by atoms with E-state index in [1.807, 2.05) is 0 Å². The van der Waals surface area contributed by atoms with Crippen LogP contribution in [0.4, 0.5) is 0 Å². The normalized spacial score (nSPS) is 23.2. The summed E-state index contributed by atoms with van der Waals surface area (Å²) in [4.78, 5) is 10.6. The molecule has 0 aromatic carbocycles. The molecule has 0 saturated carbocycles. The molecule has 4 nitrogen and oxygen atoms in total. The van der Waals surface area contributed by atoms with Crippen molar-refractivity contribution in [3.63, 3.8) is 0 Å². The van der Waals surface area contributed by atoms with E-state index in [0.717, 1.165) is 18.7 Å². The molecule has 1 aliphatic rings. The second-order valence-electron chi connectivity index (χ2n) is 3.19. The fraction of sp³-hybridized carbons (Fsp3) is 0.625. The average Bonchev–Trinajstić information content (AvgIpc) is 2.63. The molecule has 4 heteroatoms. The van der Waals surface area contributed by atoms with E-state index in [4.69, 9.17) is 0 Å². The van der Waals surface area contributed by atoms with Crippen LogP contribution >= 0.6 is 0 Å². The molecule has 12 heavy (non-hydrogen) atoms. The first kappa shape index (κ1) is 7.61. The maximum absolute atomic E-state index is 10.6. The molecule has 1 atom stereocenters. The lowest BCUT2D eigenvalue weighted by molar-refractivity contribution is 0.381.